The first-order valence-corrected chi connectivity index (χ1v) is 11.8. The predicted octanol–water partition coefficient (Wildman–Crippen LogP) is 3.66. The molecule has 32 heavy (non-hydrogen) atoms. The summed E-state index contributed by atoms with van der Waals surface area (Å²) in [5.41, 5.74) is 2.44. The van der Waals surface area contributed by atoms with Crippen LogP contribution in [0.4, 0.5) is 5.82 Å². The SMILES string of the molecule is C[C@@H]1CC[C@@H](C(=O)Cc2cc(-c3cncc(NC[C@H]4CCOC(C)(C)C4)n3)ccn2)CN1. The average molecular weight is 438 g/mol. The van der Waals surface area contributed by atoms with Crippen LogP contribution in [0, 0.1) is 11.8 Å². The van der Waals surface area contributed by atoms with E-state index in [1.54, 1.807) is 18.6 Å². The number of carbonyl (C=O) groups is 1. The van der Waals surface area contributed by atoms with Crippen LogP contribution < -0.4 is 10.6 Å². The molecule has 3 atom stereocenters. The third-order valence-corrected chi connectivity index (χ3v) is 6.59. The summed E-state index contributed by atoms with van der Waals surface area (Å²) in [5, 5.41) is 6.86. The first-order chi connectivity index (χ1) is 15.4. The summed E-state index contributed by atoms with van der Waals surface area (Å²) >= 11 is 0. The van der Waals surface area contributed by atoms with Gasteiger partial charge in [-0.1, -0.05) is 0 Å². The van der Waals surface area contributed by atoms with Gasteiger partial charge in [-0.15, -0.1) is 0 Å². The van der Waals surface area contributed by atoms with Gasteiger partial charge in [0.1, 0.15) is 11.6 Å². The Kier molecular flexibility index (Phi) is 7.16. The molecule has 4 rings (SSSR count). The highest BCUT2D eigenvalue weighted by Crippen LogP contribution is 2.29. The zero-order valence-corrected chi connectivity index (χ0v) is 19.4. The minimum Gasteiger partial charge on any atom is -0.376 e. The first kappa shape index (κ1) is 22.8. The van der Waals surface area contributed by atoms with E-state index in [1.807, 2.05) is 12.1 Å². The average Bonchev–Trinajstić information content (AvgIpc) is 2.78. The Labute approximate surface area is 190 Å². The lowest BCUT2D eigenvalue weighted by atomic mass is 9.88. The molecule has 4 heterocycles. The molecule has 2 aliphatic heterocycles. The van der Waals surface area contributed by atoms with Gasteiger partial charge >= 0.3 is 0 Å². The lowest BCUT2D eigenvalue weighted by Crippen LogP contribution is -2.40. The lowest BCUT2D eigenvalue weighted by molar-refractivity contribution is -0.122. The van der Waals surface area contributed by atoms with Gasteiger partial charge in [-0.25, -0.2) is 4.98 Å². The molecule has 0 unspecified atom stereocenters. The van der Waals surface area contributed by atoms with E-state index in [4.69, 9.17) is 9.72 Å². The molecule has 2 saturated heterocycles. The molecule has 2 aliphatic rings. The second-order valence-electron chi connectivity index (χ2n) is 9.90. The van der Waals surface area contributed by atoms with Crippen molar-refractivity contribution in [2.45, 2.75) is 64.5 Å². The fraction of sp³-hybridized carbons (Fsp3) is 0.600. The zero-order chi connectivity index (χ0) is 22.6. The molecule has 2 N–H and O–H groups in total. The van der Waals surface area contributed by atoms with E-state index in [0.29, 0.717) is 18.4 Å². The van der Waals surface area contributed by atoms with Crippen molar-refractivity contribution >= 4 is 11.6 Å². The number of Topliss-reactive ketones (excluding diaryl/α,β-unsaturated/α-hetero) is 1. The van der Waals surface area contributed by atoms with Crippen molar-refractivity contribution in [2.24, 2.45) is 11.8 Å². The van der Waals surface area contributed by atoms with Gasteiger partial charge in [0.2, 0.25) is 0 Å². The second-order valence-corrected chi connectivity index (χ2v) is 9.90. The number of piperidine rings is 1. The van der Waals surface area contributed by atoms with E-state index in [2.05, 4.69) is 41.4 Å². The number of hydrogen-bond donors (Lipinski definition) is 2. The molecule has 0 amide bonds. The van der Waals surface area contributed by atoms with Crippen LogP contribution >= 0.6 is 0 Å². The summed E-state index contributed by atoms with van der Waals surface area (Å²) in [6, 6.07) is 4.39. The highest BCUT2D eigenvalue weighted by atomic mass is 16.5. The fourth-order valence-electron chi connectivity index (χ4n) is 4.70. The molecule has 2 fully saturated rings. The van der Waals surface area contributed by atoms with Crippen molar-refractivity contribution in [2.75, 3.05) is 25.0 Å². The molecule has 0 saturated carbocycles. The van der Waals surface area contributed by atoms with Crippen LogP contribution in [0.2, 0.25) is 0 Å². The summed E-state index contributed by atoms with van der Waals surface area (Å²) in [7, 11) is 0. The molecule has 0 bridgehead atoms. The van der Waals surface area contributed by atoms with Gasteiger partial charge in [0.25, 0.3) is 0 Å². The quantitative estimate of drug-likeness (QED) is 0.683. The Hall–Kier alpha value is -2.38. The maximum absolute atomic E-state index is 12.7. The normalized spacial score (nSPS) is 25.3. The maximum Gasteiger partial charge on any atom is 0.145 e. The molecule has 7 nitrogen and oxygen atoms in total. The number of pyridine rings is 1. The number of nitrogens with zero attached hydrogens (tertiary/aromatic N) is 3. The lowest BCUT2D eigenvalue weighted by Gasteiger charge is -2.35. The summed E-state index contributed by atoms with van der Waals surface area (Å²) in [6.45, 7) is 8.89. The highest BCUT2D eigenvalue weighted by Gasteiger charge is 2.28. The van der Waals surface area contributed by atoms with Gasteiger partial charge in [0.15, 0.2) is 0 Å². The number of carbonyl (C=O) groups excluding carboxylic acids is 1. The monoisotopic (exact) mass is 437 g/mol. The number of ketones is 1. The molecule has 2 aromatic rings. The molecule has 0 spiro atoms. The van der Waals surface area contributed by atoms with Crippen molar-refractivity contribution in [3.8, 4) is 11.3 Å². The number of hydrogen-bond acceptors (Lipinski definition) is 7. The van der Waals surface area contributed by atoms with Crippen molar-refractivity contribution in [3.63, 3.8) is 0 Å². The largest absolute Gasteiger partial charge is 0.376 e. The Morgan fingerprint density at radius 3 is 2.94 bits per heavy atom. The van der Waals surface area contributed by atoms with Crippen LogP contribution in [0.15, 0.2) is 30.7 Å². The Bertz CT molecular complexity index is 924. The maximum atomic E-state index is 12.7. The van der Waals surface area contributed by atoms with E-state index in [-0.39, 0.29) is 17.3 Å². The van der Waals surface area contributed by atoms with Gasteiger partial charge in [0.05, 0.1) is 23.7 Å². The number of nitrogens with one attached hydrogen (secondary N) is 2. The minimum absolute atomic E-state index is 0.0606. The minimum atomic E-state index is -0.0606. The van der Waals surface area contributed by atoms with Crippen molar-refractivity contribution in [1.29, 1.82) is 0 Å². The summed E-state index contributed by atoms with van der Waals surface area (Å²) in [4.78, 5) is 26.3. The molecule has 2 aromatic heterocycles. The van der Waals surface area contributed by atoms with Gasteiger partial charge in [-0.05, 0) is 64.5 Å². The smallest absolute Gasteiger partial charge is 0.145 e. The van der Waals surface area contributed by atoms with E-state index in [9.17, 15) is 4.79 Å². The van der Waals surface area contributed by atoms with Crippen molar-refractivity contribution in [3.05, 3.63) is 36.4 Å². The van der Waals surface area contributed by atoms with Crippen molar-refractivity contribution in [1.82, 2.24) is 20.3 Å². The summed E-state index contributed by atoms with van der Waals surface area (Å²) < 4.78 is 5.82. The standard InChI is InChI=1S/C25H35N5O2/c1-17-4-5-20(14-28-17)23(31)11-21-10-19(6-8-27-21)22-15-26-16-24(30-22)29-13-18-7-9-32-25(2,3)12-18/h6,8,10,15-18,20,28H,4-5,7,9,11-14H2,1-3H3,(H,29,30)/t17-,18+,20-/m1/s1. The number of aromatic nitrogens is 3. The van der Waals surface area contributed by atoms with Crippen LogP contribution in [0.25, 0.3) is 11.3 Å². The van der Waals surface area contributed by atoms with E-state index in [0.717, 1.165) is 68.1 Å². The summed E-state index contributed by atoms with van der Waals surface area (Å²) in [6.07, 6.45) is 9.73. The number of ether oxygens (including phenoxy) is 1. The molecule has 172 valence electrons. The van der Waals surface area contributed by atoms with Crippen LogP contribution in [0.5, 0.6) is 0 Å². The molecule has 0 aromatic carbocycles. The second kappa shape index (κ2) is 10.0. The Morgan fingerprint density at radius 1 is 1.28 bits per heavy atom. The number of anilines is 1. The summed E-state index contributed by atoms with van der Waals surface area (Å²) in [5.74, 6) is 1.66. The first-order valence-electron chi connectivity index (χ1n) is 11.8. The molecule has 7 heteroatoms. The van der Waals surface area contributed by atoms with Crippen molar-refractivity contribution < 1.29 is 9.53 Å². The number of rotatable bonds is 7. The molecular formula is C25H35N5O2. The highest BCUT2D eigenvalue weighted by molar-refractivity contribution is 5.83. The predicted molar refractivity (Wildman–Crippen MR) is 125 cm³/mol. The van der Waals surface area contributed by atoms with Crippen LogP contribution in [0.3, 0.4) is 0 Å². The van der Waals surface area contributed by atoms with E-state index < -0.39 is 0 Å². The van der Waals surface area contributed by atoms with E-state index in [1.165, 1.54) is 0 Å². The zero-order valence-electron chi connectivity index (χ0n) is 19.4. The third-order valence-electron chi connectivity index (χ3n) is 6.59. The van der Waals surface area contributed by atoms with Gasteiger partial charge in [-0.3, -0.25) is 14.8 Å². The van der Waals surface area contributed by atoms with Crippen LogP contribution in [-0.2, 0) is 16.0 Å². The van der Waals surface area contributed by atoms with Crippen LogP contribution in [-0.4, -0.2) is 52.1 Å². The molecule has 0 aliphatic carbocycles. The van der Waals surface area contributed by atoms with Crippen LogP contribution in [0.1, 0.15) is 52.1 Å². The van der Waals surface area contributed by atoms with Gasteiger partial charge in [0, 0.05) is 55.5 Å². The van der Waals surface area contributed by atoms with Gasteiger partial charge < -0.3 is 15.4 Å². The Balaban J connectivity index is 1.38. The fourth-order valence-corrected chi connectivity index (χ4v) is 4.70. The Morgan fingerprint density at radius 2 is 2.16 bits per heavy atom. The molecular weight excluding hydrogens is 402 g/mol. The van der Waals surface area contributed by atoms with Gasteiger partial charge in [-0.2, -0.15) is 0 Å². The van der Waals surface area contributed by atoms with E-state index >= 15 is 0 Å². The third kappa shape index (κ3) is 6.11. The topological polar surface area (TPSA) is 89.0 Å². The molecule has 0 radical (unpaired) electrons.